The lowest BCUT2D eigenvalue weighted by Crippen LogP contribution is -2.37. The van der Waals surface area contributed by atoms with Crippen LogP contribution in [0.3, 0.4) is 0 Å². The van der Waals surface area contributed by atoms with Crippen LogP contribution >= 0.6 is 0 Å². The van der Waals surface area contributed by atoms with E-state index in [4.69, 9.17) is 5.73 Å². The molecule has 2 amide bonds. The van der Waals surface area contributed by atoms with Crippen molar-refractivity contribution in [3.8, 4) is 0 Å². The van der Waals surface area contributed by atoms with Gasteiger partial charge in [-0.3, -0.25) is 9.59 Å². The fourth-order valence-electron chi connectivity index (χ4n) is 2.04. The van der Waals surface area contributed by atoms with Crippen LogP contribution < -0.4 is 11.1 Å². The fraction of sp³-hybridized carbons (Fsp3) is 0.818. The van der Waals surface area contributed by atoms with Gasteiger partial charge in [-0.25, -0.2) is 0 Å². The zero-order valence-corrected chi connectivity index (χ0v) is 9.13. The van der Waals surface area contributed by atoms with E-state index in [9.17, 15) is 9.59 Å². The molecule has 0 aromatic rings. The van der Waals surface area contributed by atoms with E-state index < -0.39 is 5.91 Å². The minimum Gasteiger partial charge on any atom is -0.368 e. The van der Waals surface area contributed by atoms with Gasteiger partial charge in [0.25, 0.3) is 0 Å². The van der Waals surface area contributed by atoms with Gasteiger partial charge in [-0.15, -0.1) is 0 Å². The maximum Gasteiger partial charge on any atom is 0.236 e. The Morgan fingerprint density at radius 3 is 2.13 bits per heavy atom. The van der Waals surface area contributed by atoms with Gasteiger partial charge < -0.3 is 11.1 Å². The standard InChI is InChI=1S/C11H20N2O2/c12-10(14)8-13-11(15)9-6-4-2-1-3-5-7-9/h9H,1-8H2,(H2,12,14)(H,13,15). The van der Waals surface area contributed by atoms with Crippen LogP contribution in [0, 0.1) is 5.92 Å². The third kappa shape index (κ3) is 4.81. The van der Waals surface area contributed by atoms with Gasteiger partial charge in [0.15, 0.2) is 0 Å². The van der Waals surface area contributed by atoms with E-state index in [2.05, 4.69) is 5.32 Å². The molecule has 3 N–H and O–H groups in total. The molecule has 0 heterocycles. The molecule has 0 spiro atoms. The van der Waals surface area contributed by atoms with Gasteiger partial charge >= 0.3 is 0 Å². The number of primary amides is 1. The molecule has 0 radical (unpaired) electrons. The van der Waals surface area contributed by atoms with Gasteiger partial charge in [0.05, 0.1) is 6.54 Å². The topological polar surface area (TPSA) is 72.2 Å². The van der Waals surface area contributed by atoms with E-state index in [0.717, 1.165) is 25.7 Å². The highest BCUT2D eigenvalue weighted by Gasteiger charge is 2.19. The molecular weight excluding hydrogens is 192 g/mol. The number of nitrogens with two attached hydrogens (primary N) is 1. The Bertz CT molecular complexity index is 221. The molecular formula is C11H20N2O2. The lowest BCUT2D eigenvalue weighted by atomic mass is 9.90. The number of carbonyl (C=O) groups is 2. The molecule has 1 aliphatic carbocycles. The summed E-state index contributed by atoms with van der Waals surface area (Å²) in [5.41, 5.74) is 4.97. The first-order chi connectivity index (χ1) is 7.20. The van der Waals surface area contributed by atoms with Crippen LogP contribution in [0.15, 0.2) is 0 Å². The Balaban J connectivity index is 2.31. The number of hydrogen-bond donors (Lipinski definition) is 2. The molecule has 0 aromatic carbocycles. The van der Waals surface area contributed by atoms with Crippen molar-refractivity contribution in [2.75, 3.05) is 6.54 Å². The Hall–Kier alpha value is -1.06. The Labute approximate surface area is 90.6 Å². The van der Waals surface area contributed by atoms with Crippen LogP contribution in [0.25, 0.3) is 0 Å². The minimum atomic E-state index is -0.478. The highest BCUT2D eigenvalue weighted by Crippen LogP contribution is 2.22. The van der Waals surface area contributed by atoms with E-state index in [1.165, 1.54) is 19.3 Å². The highest BCUT2D eigenvalue weighted by atomic mass is 16.2. The van der Waals surface area contributed by atoms with Gasteiger partial charge in [-0.2, -0.15) is 0 Å². The summed E-state index contributed by atoms with van der Waals surface area (Å²) in [6.07, 6.45) is 7.87. The van der Waals surface area contributed by atoms with Gasteiger partial charge in [0.1, 0.15) is 0 Å². The second-order valence-electron chi connectivity index (χ2n) is 4.23. The SMILES string of the molecule is NC(=O)CNC(=O)C1CCCCCCC1. The maximum absolute atomic E-state index is 11.6. The second-order valence-corrected chi connectivity index (χ2v) is 4.23. The number of amides is 2. The van der Waals surface area contributed by atoms with Crippen LogP contribution in [0.5, 0.6) is 0 Å². The smallest absolute Gasteiger partial charge is 0.236 e. The average molecular weight is 212 g/mol. The summed E-state index contributed by atoms with van der Waals surface area (Å²) < 4.78 is 0. The summed E-state index contributed by atoms with van der Waals surface area (Å²) >= 11 is 0. The summed E-state index contributed by atoms with van der Waals surface area (Å²) in [6, 6.07) is 0. The summed E-state index contributed by atoms with van der Waals surface area (Å²) in [5, 5.41) is 2.59. The molecule has 15 heavy (non-hydrogen) atoms. The molecule has 1 rings (SSSR count). The molecule has 1 fully saturated rings. The molecule has 86 valence electrons. The lowest BCUT2D eigenvalue weighted by Gasteiger charge is -2.18. The summed E-state index contributed by atoms with van der Waals surface area (Å²) in [5.74, 6) is -0.394. The predicted octanol–water partition coefficient (Wildman–Crippen LogP) is 0.948. The Morgan fingerprint density at radius 1 is 1.07 bits per heavy atom. The molecule has 4 heteroatoms. The first-order valence-corrected chi connectivity index (χ1v) is 5.76. The van der Waals surface area contributed by atoms with E-state index in [1.54, 1.807) is 0 Å². The first kappa shape index (κ1) is 12.0. The molecule has 0 unspecified atom stereocenters. The summed E-state index contributed by atoms with van der Waals surface area (Å²) in [7, 11) is 0. The molecule has 4 nitrogen and oxygen atoms in total. The average Bonchev–Trinajstić information content (AvgIpc) is 2.13. The van der Waals surface area contributed by atoms with Crippen LogP contribution in [-0.4, -0.2) is 18.4 Å². The van der Waals surface area contributed by atoms with Crippen molar-refractivity contribution in [3.63, 3.8) is 0 Å². The number of carbonyl (C=O) groups excluding carboxylic acids is 2. The first-order valence-electron chi connectivity index (χ1n) is 5.76. The normalized spacial score (nSPS) is 18.9. The van der Waals surface area contributed by atoms with Crippen molar-refractivity contribution >= 4 is 11.8 Å². The molecule has 1 saturated carbocycles. The van der Waals surface area contributed by atoms with E-state index >= 15 is 0 Å². The van der Waals surface area contributed by atoms with Crippen molar-refractivity contribution in [1.82, 2.24) is 5.32 Å². The van der Waals surface area contributed by atoms with E-state index in [0.29, 0.717) is 0 Å². The number of rotatable bonds is 3. The minimum absolute atomic E-state index is 0.00398. The summed E-state index contributed by atoms with van der Waals surface area (Å²) in [6.45, 7) is -0.0324. The number of hydrogen-bond acceptors (Lipinski definition) is 2. The Morgan fingerprint density at radius 2 is 1.60 bits per heavy atom. The van der Waals surface area contributed by atoms with Crippen molar-refractivity contribution in [2.45, 2.75) is 44.9 Å². The van der Waals surface area contributed by atoms with Crippen molar-refractivity contribution in [2.24, 2.45) is 11.7 Å². The lowest BCUT2D eigenvalue weighted by molar-refractivity contribution is -0.128. The van der Waals surface area contributed by atoms with Crippen LogP contribution in [-0.2, 0) is 9.59 Å². The zero-order chi connectivity index (χ0) is 11.1. The third-order valence-electron chi connectivity index (χ3n) is 2.91. The predicted molar refractivity (Wildman–Crippen MR) is 58.0 cm³/mol. The summed E-state index contributed by atoms with van der Waals surface area (Å²) in [4.78, 5) is 22.2. The largest absolute Gasteiger partial charge is 0.368 e. The molecule has 0 aliphatic heterocycles. The van der Waals surface area contributed by atoms with Crippen LogP contribution in [0.4, 0.5) is 0 Å². The van der Waals surface area contributed by atoms with Gasteiger partial charge in [-0.1, -0.05) is 32.1 Å². The quantitative estimate of drug-likeness (QED) is 0.731. The molecule has 0 aromatic heterocycles. The van der Waals surface area contributed by atoms with Gasteiger partial charge in [0.2, 0.25) is 11.8 Å². The molecule has 0 saturated heterocycles. The molecule has 0 bridgehead atoms. The third-order valence-corrected chi connectivity index (χ3v) is 2.91. The monoisotopic (exact) mass is 212 g/mol. The Kier molecular flexibility index (Phi) is 5.15. The fourth-order valence-corrected chi connectivity index (χ4v) is 2.04. The second kappa shape index (κ2) is 6.43. The molecule has 0 atom stereocenters. The highest BCUT2D eigenvalue weighted by molar-refractivity contribution is 5.84. The zero-order valence-electron chi connectivity index (χ0n) is 9.13. The van der Waals surface area contributed by atoms with Gasteiger partial charge in [0, 0.05) is 5.92 Å². The van der Waals surface area contributed by atoms with Crippen LogP contribution in [0.2, 0.25) is 0 Å². The molecule has 1 aliphatic rings. The van der Waals surface area contributed by atoms with Crippen molar-refractivity contribution in [3.05, 3.63) is 0 Å². The maximum atomic E-state index is 11.6. The van der Waals surface area contributed by atoms with Crippen LogP contribution in [0.1, 0.15) is 44.9 Å². The van der Waals surface area contributed by atoms with E-state index in [-0.39, 0.29) is 18.4 Å². The van der Waals surface area contributed by atoms with E-state index in [1.807, 2.05) is 0 Å². The van der Waals surface area contributed by atoms with Crippen molar-refractivity contribution in [1.29, 1.82) is 0 Å². The van der Waals surface area contributed by atoms with Gasteiger partial charge in [-0.05, 0) is 12.8 Å². The number of nitrogens with one attached hydrogen (secondary N) is 1. The van der Waals surface area contributed by atoms with Crippen molar-refractivity contribution < 1.29 is 9.59 Å².